The van der Waals surface area contributed by atoms with Gasteiger partial charge in [-0.1, -0.05) is 103 Å². The Bertz CT molecular complexity index is 1290. The first-order valence-corrected chi connectivity index (χ1v) is 18.8. The molecule has 11 heteroatoms. The highest BCUT2D eigenvalue weighted by Crippen LogP contribution is 2.53. The average Bonchev–Trinajstić information content (AvgIpc) is 3.06. The van der Waals surface area contributed by atoms with Crippen molar-refractivity contribution in [3.8, 4) is 23.0 Å². The number of hydrogen-bond donors (Lipinski definition) is 2. The summed E-state index contributed by atoms with van der Waals surface area (Å²) < 4.78 is 22.2. The molecule has 0 bridgehead atoms. The van der Waals surface area contributed by atoms with E-state index in [9.17, 15) is 0 Å². The van der Waals surface area contributed by atoms with Gasteiger partial charge in [0.15, 0.2) is 0 Å². The zero-order valence-corrected chi connectivity index (χ0v) is 30.2. The Kier molecular flexibility index (Phi) is 18.7. The van der Waals surface area contributed by atoms with Crippen molar-refractivity contribution in [2.75, 3.05) is 33.2 Å². The molecule has 4 aromatic rings. The maximum atomic E-state index is 5.85. The minimum atomic E-state index is -1.33. The zero-order chi connectivity index (χ0) is 32.3. The Balaban J connectivity index is 0.000000215. The van der Waals surface area contributed by atoms with Crippen molar-refractivity contribution in [3.63, 3.8) is 0 Å². The molecule has 0 unspecified atom stereocenters. The van der Waals surface area contributed by atoms with E-state index in [-0.39, 0.29) is 0 Å². The zero-order valence-electron chi connectivity index (χ0n) is 26.9. The first-order valence-electron chi connectivity index (χ1n) is 15.1. The largest absolute Gasteiger partial charge is 0.426 e. The van der Waals surface area contributed by atoms with Crippen molar-refractivity contribution >= 4 is 60.8 Å². The van der Waals surface area contributed by atoms with E-state index < -0.39 is 16.3 Å². The Morgan fingerprint density at radius 1 is 0.614 bits per heavy atom. The van der Waals surface area contributed by atoms with Gasteiger partial charge >= 0.3 is 16.3 Å². The van der Waals surface area contributed by atoms with Gasteiger partial charge in [-0.2, -0.15) is 0 Å². The van der Waals surface area contributed by atoms with E-state index in [1.54, 1.807) is 0 Å². The molecule has 2 aliphatic heterocycles. The molecule has 0 saturated carbocycles. The summed E-state index contributed by atoms with van der Waals surface area (Å²) in [6.45, 7) is 17.3. The smallest absolute Gasteiger partial charge is 0.401 e. The van der Waals surface area contributed by atoms with Crippen molar-refractivity contribution < 1.29 is 18.1 Å². The van der Waals surface area contributed by atoms with Crippen LogP contribution in [0.3, 0.4) is 0 Å². The minimum Gasteiger partial charge on any atom is -0.426 e. The van der Waals surface area contributed by atoms with Crippen LogP contribution < -0.4 is 28.0 Å². The highest BCUT2D eigenvalue weighted by atomic mass is 35.7. The van der Waals surface area contributed by atoms with Crippen LogP contribution in [0.2, 0.25) is 0 Å². The van der Waals surface area contributed by atoms with Crippen LogP contribution in [0, 0.1) is 0 Å². The number of hydrogen-bond acceptors (Lipinski definition) is 7. The predicted molar refractivity (Wildman–Crippen MR) is 193 cm³/mol. The van der Waals surface area contributed by atoms with Crippen LogP contribution in [0.1, 0.15) is 54.4 Å². The molecule has 0 atom stereocenters. The van der Waals surface area contributed by atoms with E-state index in [2.05, 4.69) is 61.6 Å². The van der Waals surface area contributed by atoms with Crippen LogP contribution in [0.15, 0.2) is 72.8 Å². The maximum absolute atomic E-state index is 5.85. The first kappa shape index (κ1) is 38.1. The summed E-state index contributed by atoms with van der Waals surface area (Å²) in [4.78, 5) is 4.78. The highest BCUT2D eigenvalue weighted by molar-refractivity contribution is 7.76. The van der Waals surface area contributed by atoms with Gasteiger partial charge in [0.05, 0.1) is 10.8 Å². The Labute approximate surface area is 276 Å². The van der Waals surface area contributed by atoms with Gasteiger partial charge in [-0.05, 0) is 84.7 Å². The van der Waals surface area contributed by atoms with Gasteiger partial charge in [0.25, 0.3) is 0 Å². The fourth-order valence-corrected chi connectivity index (χ4v) is 5.96. The van der Waals surface area contributed by atoms with Crippen LogP contribution in [-0.4, -0.2) is 38.1 Å². The number of benzene rings is 4. The fraction of sp³-hybridized carbons (Fsp3) is 0.394. The van der Waals surface area contributed by atoms with E-state index in [0.717, 1.165) is 51.1 Å². The van der Waals surface area contributed by atoms with Crippen LogP contribution >= 0.6 is 39.3 Å². The second-order valence-electron chi connectivity index (χ2n) is 9.39. The molecular formula is C33H47Cl2N3O4P2. The third kappa shape index (κ3) is 11.7. The number of halogens is 2. The van der Waals surface area contributed by atoms with Crippen LogP contribution in [0.5, 0.6) is 23.0 Å². The van der Waals surface area contributed by atoms with E-state index in [4.69, 9.17) is 41.1 Å². The fourth-order valence-electron chi connectivity index (χ4n) is 3.98. The molecule has 0 spiro atoms. The molecule has 7 nitrogen and oxygen atoms in total. The standard InChI is InChI=1S/C11H10NO2P.C10H6ClO2P.C6H15N.C4H10.C2H6ClN/c1-12-15-13-9-6-2-4-8-5-3-7-10(14-15)11(8)9;11-14-12-8-5-1-3-7-4-2-6-9(13-14)10(7)8;1-4-7(5-2)6-3;1-3-4-2;1-2-4-3/h2-7,12H,1H3;1-6H;4-6H2,1-3H3;3-4H2,1-2H3;4H,2H2,1H3. The van der Waals surface area contributed by atoms with Crippen molar-refractivity contribution in [3.05, 3.63) is 72.8 Å². The number of rotatable bonds is 6. The van der Waals surface area contributed by atoms with Gasteiger partial charge in [0.1, 0.15) is 23.0 Å². The molecule has 0 fully saturated rings. The summed E-state index contributed by atoms with van der Waals surface area (Å²) in [5, 5.41) is 7.34. The quantitative estimate of drug-likeness (QED) is 0.155. The topological polar surface area (TPSA) is 64.2 Å². The van der Waals surface area contributed by atoms with Gasteiger partial charge in [-0.25, -0.2) is 9.92 Å². The molecule has 0 amide bonds. The molecular weight excluding hydrogens is 635 g/mol. The number of nitrogens with one attached hydrogen (secondary N) is 2. The monoisotopic (exact) mass is 681 g/mol. The normalized spacial score (nSPS) is 12.8. The van der Waals surface area contributed by atoms with Gasteiger partial charge in [0, 0.05) is 6.54 Å². The number of unbranched alkanes of at least 4 members (excludes halogenated alkanes) is 1. The van der Waals surface area contributed by atoms with E-state index in [1.165, 1.54) is 32.5 Å². The molecule has 2 aliphatic rings. The lowest BCUT2D eigenvalue weighted by Gasteiger charge is -2.24. The molecule has 4 aromatic carbocycles. The van der Waals surface area contributed by atoms with Gasteiger partial charge < -0.3 is 23.0 Å². The summed E-state index contributed by atoms with van der Waals surface area (Å²) >= 11 is 10.8. The predicted octanol–water partition coefficient (Wildman–Crippen LogP) is 11.0. The van der Waals surface area contributed by atoms with Gasteiger partial charge in [-0.3, -0.25) is 0 Å². The highest BCUT2D eigenvalue weighted by Gasteiger charge is 2.23. The van der Waals surface area contributed by atoms with Gasteiger partial charge in [0.2, 0.25) is 0 Å². The number of nitrogens with zero attached hydrogens (tertiary/aromatic N) is 1. The van der Waals surface area contributed by atoms with E-state index >= 15 is 0 Å². The Morgan fingerprint density at radius 3 is 1.20 bits per heavy atom. The minimum absolute atomic E-state index is 0.811. The van der Waals surface area contributed by atoms with Crippen molar-refractivity contribution in [2.45, 2.75) is 54.4 Å². The molecule has 242 valence electrons. The van der Waals surface area contributed by atoms with Crippen LogP contribution in [0.25, 0.3) is 21.5 Å². The van der Waals surface area contributed by atoms with Gasteiger partial charge in [-0.15, -0.1) is 0 Å². The second-order valence-corrected chi connectivity index (χ2v) is 12.6. The molecule has 0 radical (unpaired) electrons. The van der Waals surface area contributed by atoms with Crippen LogP contribution in [-0.2, 0) is 0 Å². The molecule has 2 N–H and O–H groups in total. The summed E-state index contributed by atoms with van der Waals surface area (Å²) in [7, 11) is -0.531. The van der Waals surface area contributed by atoms with Crippen molar-refractivity contribution in [1.29, 1.82) is 0 Å². The Morgan fingerprint density at radius 2 is 0.955 bits per heavy atom. The molecule has 0 aromatic heterocycles. The van der Waals surface area contributed by atoms with E-state index in [0.29, 0.717) is 0 Å². The molecule has 44 heavy (non-hydrogen) atoms. The summed E-state index contributed by atoms with van der Waals surface area (Å²) in [5.74, 6) is 3.42. The first-order chi connectivity index (χ1) is 21.4. The lowest BCUT2D eigenvalue weighted by molar-refractivity contribution is 0.321. The van der Waals surface area contributed by atoms with E-state index in [1.807, 2.05) is 74.6 Å². The summed E-state index contributed by atoms with van der Waals surface area (Å²) in [6, 6.07) is 23.8. The SMILES string of the molecule is CCCC.CCN(CC)CC.CCNCl.CNP1Oc2cccc3cccc(c23)O1.ClP1Oc2cccc3cccc(c23)O1. The average molecular weight is 683 g/mol. The molecule has 0 saturated heterocycles. The summed E-state index contributed by atoms with van der Waals surface area (Å²) in [5.41, 5.74) is 0. The third-order valence-electron chi connectivity index (χ3n) is 6.52. The van der Waals surface area contributed by atoms with Crippen LogP contribution in [0.4, 0.5) is 0 Å². The lowest BCUT2D eigenvalue weighted by Crippen LogP contribution is -2.21. The van der Waals surface area contributed by atoms with Crippen molar-refractivity contribution in [2.24, 2.45) is 0 Å². The summed E-state index contributed by atoms with van der Waals surface area (Å²) in [6.07, 6.45) is 2.64. The second kappa shape index (κ2) is 21.6. The Hall–Kier alpha value is -2.08. The lowest BCUT2D eigenvalue weighted by atomic mass is 10.1. The maximum Gasteiger partial charge on any atom is 0.401 e. The molecule has 2 heterocycles. The third-order valence-corrected chi connectivity index (χ3v) is 8.97. The molecule has 0 aliphatic carbocycles. The molecule has 6 rings (SSSR count). The van der Waals surface area contributed by atoms with Crippen molar-refractivity contribution in [1.82, 2.24) is 14.8 Å².